The molecular weight excluding hydrogens is 342 g/mol. The maximum Gasteiger partial charge on any atom is 0.248 e. The van der Waals surface area contributed by atoms with Crippen LogP contribution in [0.5, 0.6) is 5.75 Å². The number of piperidine rings is 1. The van der Waals surface area contributed by atoms with Crippen molar-refractivity contribution in [3.05, 3.63) is 24.3 Å². The van der Waals surface area contributed by atoms with Gasteiger partial charge >= 0.3 is 0 Å². The molecule has 0 aromatic heterocycles. The summed E-state index contributed by atoms with van der Waals surface area (Å²) >= 11 is 0. The number of methoxy groups -OCH3 is 1. The number of carbonyl (C=O) groups is 2. The molecule has 1 aromatic carbocycles. The van der Waals surface area contributed by atoms with Crippen LogP contribution in [0, 0.1) is 5.92 Å². The van der Waals surface area contributed by atoms with Gasteiger partial charge in [-0.3, -0.25) is 9.59 Å². The average molecular weight is 373 g/mol. The van der Waals surface area contributed by atoms with E-state index in [0.29, 0.717) is 12.5 Å². The number of nitrogens with one attached hydrogen (secondary N) is 2. The van der Waals surface area contributed by atoms with Crippen LogP contribution in [0.1, 0.15) is 45.4 Å². The van der Waals surface area contributed by atoms with Gasteiger partial charge in [-0.15, -0.1) is 0 Å². The van der Waals surface area contributed by atoms with E-state index in [-0.39, 0.29) is 11.8 Å². The summed E-state index contributed by atoms with van der Waals surface area (Å²) < 4.78 is 5.22. The van der Waals surface area contributed by atoms with E-state index >= 15 is 0 Å². The van der Waals surface area contributed by atoms with E-state index in [2.05, 4.69) is 10.6 Å². The number of nitrogens with zero attached hydrogens (tertiary/aromatic N) is 1. The number of ether oxygens (including phenoxy) is 1. The summed E-state index contributed by atoms with van der Waals surface area (Å²) in [6.07, 6.45) is 5.81. The van der Waals surface area contributed by atoms with Crippen molar-refractivity contribution in [3.63, 3.8) is 0 Å². The minimum Gasteiger partial charge on any atom is -0.497 e. The molecule has 1 saturated carbocycles. The highest BCUT2D eigenvalue weighted by Gasteiger charge is 2.44. The molecule has 2 aliphatic rings. The summed E-state index contributed by atoms with van der Waals surface area (Å²) in [5, 5.41) is 6.45. The summed E-state index contributed by atoms with van der Waals surface area (Å²) in [4.78, 5) is 26.5. The number of hydrogen-bond acceptors (Lipinski definition) is 4. The summed E-state index contributed by atoms with van der Waals surface area (Å²) in [5.41, 5.74) is 0.477. The lowest BCUT2D eigenvalue weighted by Gasteiger charge is -2.39. The molecule has 2 amide bonds. The molecule has 1 aliphatic carbocycles. The fourth-order valence-electron chi connectivity index (χ4n) is 4.25. The van der Waals surface area contributed by atoms with E-state index in [4.69, 9.17) is 4.74 Å². The third-order valence-corrected chi connectivity index (χ3v) is 5.88. The van der Waals surface area contributed by atoms with Gasteiger partial charge in [-0.05, 0) is 55.9 Å². The Balaban J connectivity index is 1.62. The van der Waals surface area contributed by atoms with Crippen LogP contribution < -0.4 is 15.4 Å². The third kappa shape index (κ3) is 4.73. The standard InChI is InChI=1S/C21H31N3O3/c1-16(25)22-15-17-9-13-24(14-10-17)20(26)21(11-3-4-12-21)23-18-5-7-19(27-2)8-6-18/h5-8,17,23H,3-4,9-15H2,1-2H3,(H,22,25). The van der Waals surface area contributed by atoms with Gasteiger partial charge in [0.15, 0.2) is 0 Å². The molecule has 148 valence electrons. The van der Waals surface area contributed by atoms with Crippen molar-refractivity contribution in [2.75, 3.05) is 32.1 Å². The maximum atomic E-state index is 13.4. The van der Waals surface area contributed by atoms with Crippen LogP contribution >= 0.6 is 0 Å². The lowest BCUT2D eigenvalue weighted by Crippen LogP contribution is -2.54. The Labute approximate surface area is 161 Å². The lowest BCUT2D eigenvalue weighted by molar-refractivity contribution is -0.137. The summed E-state index contributed by atoms with van der Waals surface area (Å²) in [7, 11) is 1.65. The zero-order valence-corrected chi connectivity index (χ0v) is 16.4. The molecule has 1 heterocycles. The minimum absolute atomic E-state index is 0.0158. The first-order chi connectivity index (χ1) is 13.0. The van der Waals surface area contributed by atoms with Crippen LogP contribution in [-0.2, 0) is 9.59 Å². The van der Waals surface area contributed by atoms with E-state index in [0.717, 1.165) is 63.1 Å². The van der Waals surface area contributed by atoms with Gasteiger partial charge < -0.3 is 20.3 Å². The van der Waals surface area contributed by atoms with Crippen molar-refractivity contribution in [1.29, 1.82) is 0 Å². The first-order valence-electron chi connectivity index (χ1n) is 9.98. The van der Waals surface area contributed by atoms with Gasteiger partial charge in [-0.1, -0.05) is 12.8 Å². The van der Waals surface area contributed by atoms with Gasteiger partial charge in [-0.2, -0.15) is 0 Å². The lowest BCUT2D eigenvalue weighted by atomic mass is 9.91. The minimum atomic E-state index is -0.487. The Morgan fingerprint density at radius 2 is 1.78 bits per heavy atom. The second kappa shape index (κ2) is 8.63. The highest BCUT2D eigenvalue weighted by Crippen LogP contribution is 2.36. The van der Waals surface area contributed by atoms with Crippen molar-refractivity contribution >= 4 is 17.5 Å². The van der Waals surface area contributed by atoms with Gasteiger partial charge in [0.25, 0.3) is 0 Å². The number of benzene rings is 1. The molecule has 0 atom stereocenters. The summed E-state index contributed by atoms with van der Waals surface area (Å²) in [5.74, 6) is 1.52. The fraction of sp³-hybridized carbons (Fsp3) is 0.619. The number of likely N-dealkylation sites (tertiary alicyclic amines) is 1. The Bertz CT molecular complexity index is 645. The predicted molar refractivity (Wildman–Crippen MR) is 106 cm³/mol. The highest BCUT2D eigenvalue weighted by atomic mass is 16.5. The molecule has 1 saturated heterocycles. The molecule has 6 nitrogen and oxygen atoms in total. The van der Waals surface area contributed by atoms with Crippen LogP contribution in [-0.4, -0.2) is 49.0 Å². The Kier molecular flexibility index (Phi) is 6.24. The topological polar surface area (TPSA) is 70.7 Å². The van der Waals surface area contributed by atoms with Crippen LogP contribution in [0.3, 0.4) is 0 Å². The SMILES string of the molecule is COc1ccc(NC2(C(=O)N3CCC(CNC(C)=O)CC3)CCCC2)cc1. The quantitative estimate of drug-likeness (QED) is 0.804. The Morgan fingerprint density at radius 3 is 2.33 bits per heavy atom. The molecule has 0 bridgehead atoms. The molecule has 0 unspecified atom stereocenters. The monoisotopic (exact) mass is 373 g/mol. The molecule has 27 heavy (non-hydrogen) atoms. The fourth-order valence-corrected chi connectivity index (χ4v) is 4.25. The van der Waals surface area contributed by atoms with E-state index in [1.807, 2.05) is 29.2 Å². The smallest absolute Gasteiger partial charge is 0.248 e. The maximum absolute atomic E-state index is 13.4. The molecule has 1 aromatic rings. The van der Waals surface area contributed by atoms with E-state index < -0.39 is 5.54 Å². The molecule has 2 fully saturated rings. The van der Waals surface area contributed by atoms with Gasteiger partial charge in [0, 0.05) is 32.2 Å². The first kappa shape index (κ1) is 19.5. The highest BCUT2D eigenvalue weighted by molar-refractivity contribution is 5.90. The van der Waals surface area contributed by atoms with E-state index in [9.17, 15) is 9.59 Å². The summed E-state index contributed by atoms with van der Waals surface area (Å²) in [6.45, 7) is 3.81. The largest absolute Gasteiger partial charge is 0.497 e. The van der Waals surface area contributed by atoms with Gasteiger partial charge in [0.05, 0.1) is 7.11 Å². The molecule has 0 radical (unpaired) electrons. The van der Waals surface area contributed by atoms with Crippen molar-refractivity contribution in [2.24, 2.45) is 5.92 Å². The number of amides is 2. The number of carbonyl (C=O) groups excluding carboxylic acids is 2. The third-order valence-electron chi connectivity index (χ3n) is 5.88. The Morgan fingerprint density at radius 1 is 1.15 bits per heavy atom. The normalized spacial score (nSPS) is 19.6. The summed E-state index contributed by atoms with van der Waals surface area (Å²) in [6, 6.07) is 7.80. The van der Waals surface area contributed by atoms with Crippen molar-refractivity contribution in [2.45, 2.75) is 51.0 Å². The second-order valence-electron chi connectivity index (χ2n) is 7.82. The predicted octanol–water partition coefficient (Wildman–Crippen LogP) is 2.79. The van der Waals surface area contributed by atoms with Crippen molar-refractivity contribution < 1.29 is 14.3 Å². The molecule has 1 aliphatic heterocycles. The molecule has 6 heteroatoms. The van der Waals surface area contributed by atoms with Crippen molar-refractivity contribution in [1.82, 2.24) is 10.2 Å². The zero-order valence-electron chi connectivity index (χ0n) is 16.4. The van der Waals surface area contributed by atoms with Crippen molar-refractivity contribution in [3.8, 4) is 5.75 Å². The molecular formula is C21H31N3O3. The molecule has 2 N–H and O–H groups in total. The zero-order chi connectivity index (χ0) is 19.3. The van der Waals surface area contributed by atoms with E-state index in [1.165, 1.54) is 0 Å². The molecule has 0 spiro atoms. The van der Waals surface area contributed by atoms with Gasteiger partial charge in [0.2, 0.25) is 11.8 Å². The van der Waals surface area contributed by atoms with Gasteiger partial charge in [-0.25, -0.2) is 0 Å². The van der Waals surface area contributed by atoms with E-state index in [1.54, 1.807) is 14.0 Å². The average Bonchev–Trinajstić information content (AvgIpc) is 3.16. The Hall–Kier alpha value is -2.24. The number of anilines is 1. The van der Waals surface area contributed by atoms with Crippen LogP contribution in [0.15, 0.2) is 24.3 Å². The molecule has 3 rings (SSSR count). The number of rotatable bonds is 6. The van der Waals surface area contributed by atoms with Crippen LogP contribution in [0.4, 0.5) is 5.69 Å². The second-order valence-corrected chi connectivity index (χ2v) is 7.82. The first-order valence-corrected chi connectivity index (χ1v) is 9.98. The number of hydrogen-bond donors (Lipinski definition) is 2. The van der Waals surface area contributed by atoms with Crippen LogP contribution in [0.2, 0.25) is 0 Å². The van der Waals surface area contributed by atoms with Crippen LogP contribution in [0.25, 0.3) is 0 Å². The van der Waals surface area contributed by atoms with Gasteiger partial charge in [0.1, 0.15) is 11.3 Å².